The van der Waals surface area contributed by atoms with Gasteiger partial charge in [-0.3, -0.25) is 9.48 Å². The summed E-state index contributed by atoms with van der Waals surface area (Å²) < 4.78 is 7.78. The third-order valence-electron chi connectivity index (χ3n) is 4.35. The largest absolute Gasteiger partial charge is 0.365 e. The van der Waals surface area contributed by atoms with Crippen LogP contribution >= 0.6 is 22.9 Å². The van der Waals surface area contributed by atoms with Crippen molar-refractivity contribution in [1.82, 2.24) is 15.1 Å². The Hall–Kier alpha value is -2.15. The van der Waals surface area contributed by atoms with Gasteiger partial charge in [0.1, 0.15) is 6.10 Å². The van der Waals surface area contributed by atoms with E-state index in [1.807, 2.05) is 40.4 Å². The van der Waals surface area contributed by atoms with E-state index < -0.39 is 0 Å². The molecule has 4 rings (SSSR count). The number of benzene rings is 1. The molecule has 1 atom stereocenters. The van der Waals surface area contributed by atoms with Crippen molar-refractivity contribution in [2.24, 2.45) is 0 Å². The fourth-order valence-corrected chi connectivity index (χ4v) is 3.80. The molecule has 5 nitrogen and oxygen atoms in total. The van der Waals surface area contributed by atoms with Crippen molar-refractivity contribution in [2.75, 3.05) is 6.54 Å². The number of aromatic nitrogens is 2. The fourth-order valence-electron chi connectivity index (χ4n) is 2.96. The Kier molecular flexibility index (Phi) is 5.06. The quantitative estimate of drug-likeness (QED) is 0.723. The van der Waals surface area contributed by atoms with Gasteiger partial charge in [0.15, 0.2) is 5.69 Å². The van der Waals surface area contributed by atoms with E-state index in [9.17, 15) is 4.79 Å². The summed E-state index contributed by atoms with van der Waals surface area (Å²) in [6, 6.07) is 13.5. The number of rotatable bonds is 5. The van der Waals surface area contributed by atoms with E-state index in [1.54, 1.807) is 17.4 Å². The highest BCUT2D eigenvalue weighted by atomic mass is 35.5. The molecule has 0 saturated heterocycles. The van der Waals surface area contributed by atoms with Gasteiger partial charge in [0.25, 0.3) is 5.91 Å². The van der Waals surface area contributed by atoms with Crippen molar-refractivity contribution in [3.8, 4) is 0 Å². The molecular weight excluding hydrogens is 370 g/mol. The molecule has 3 aromatic rings. The first-order valence-corrected chi connectivity index (χ1v) is 9.69. The first kappa shape index (κ1) is 17.3. The molecule has 7 heteroatoms. The number of carbonyl (C=O) groups excluding carboxylic acids is 1. The van der Waals surface area contributed by atoms with Gasteiger partial charge in [-0.15, -0.1) is 11.3 Å². The van der Waals surface area contributed by atoms with Crippen LogP contribution in [0, 0.1) is 0 Å². The second kappa shape index (κ2) is 7.61. The molecule has 0 bridgehead atoms. The number of halogens is 1. The van der Waals surface area contributed by atoms with Crippen LogP contribution in [0.2, 0.25) is 5.02 Å². The lowest BCUT2D eigenvalue weighted by atomic mass is 10.1. The Morgan fingerprint density at radius 2 is 2.19 bits per heavy atom. The molecule has 0 spiro atoms. The van der Waals surface area contributed by atoms with Crippen molar-refractivity contribution in [2.45, 2.75) is 25.7 Å². The summed E-state index contributed by atoms with van der Waals surface area (Å²) in [5, 5.41) is 10.1. The minimum atomic E-state index is -0.147. The van der Waals surface area contributed by atoms with Gasteiger partial charge in [-0.2, -0.15) is 5.10 Å². The molecule has 1 aliphatic heterocycles. The number of hydrogen-bond acceptors (Lipinski definition) is 4. The van der Waals surface area contributed by atoms with Gasteiger partial charge < -0.3 is 10.1 Å². The van der Waals surface area contributed by atoms with E-state index in [2.05, 4.69) is 16.5 Å². The second-order valence-electron chi connectivity index (χ2n) is 6.14. The van der Waals surface area contributed by atoms with Crippen LogP contribution in [0.4, 0.5) is 0 Å². The molecule has 2 aromatic heterocycles. The van der Waals surface area contributed by atoms with Gasteiger partial charge in [-0.25, -0.2) is 0 Å². The predicted molar refractivity (Wildman–Crippen MR) is 102 cm³/mol. The number of amides is 1. The molecule has 3 heterocycles. The lowest BCUT2D eigenvalue weighted by Crippen LogP contribution is -2.26. The maximum absolute atomic E-state index is 12.3. The molecule has 0 aliphatic carbocycles. The Morgan fingerprint density at radius 3 is 2.96 bits per heavy atom. The van der Waals surface area contributed by atoms with Gasteiger partial charge in [-0.1, -0.05) is 29.8 Å². The molecule has 1 N–H and O–H groups in total. The lowest BCUT2D eigenvalue weighted by Gasteiger charge is -2.24. The summed E-state index contributed by atoms with van der Waals surface area (Å²) >= 11 is 7.64. The predicted octanol–water partition coefficient (Wildman–Crippen LogP) is 3.84. The highest BCUT2D eigenvalue weighted by molar-refractivity contribution is 7.09. The number of nitrogens with one attached hydrogen (secondary N) is 1. The van der Waals surface area contributed by atoms with Crippen LogP contribution in [0.3, 0.4) is 0 Å². The van der Waals surface area contributed by atoms with E-state index in [1.165, 1.54) is 4.88 Å². The smallest absolute Gasteiger partial charge is 0.271 e. The normalized spacial score (nSPS) is 16.3. The molecule has 0 radical (unpaired) electrons. The van der Waals surface area contributed by atoms with Crippen LogP contribution in [0.15, 0.2) is 47.8 Å². The van der Waals surface area contributed by atoms with Crippen molar-refractivity contribution in [1.29, 1.82) is 0 Å². The number of carbonyl (C=O) groups is 1. The topological polar surface area (TPSA) is 56.2 Å². The highest BCUT2D eigenvalue weighted by Crippen LogP contribution is 2.27. The Bertz CT molecular complexity index is 890. The summed E-state index contributed by atoms with van der Waals surface area (Å²) in [6.45, 7) is 1.62. The van der Waals surface area contributed by atoms with Gasteiger partial charge in [0.2, 0.25) is 0 Å². The molecule has 1 aliphatic rings. The molecule has 0 unspecified atom stereocenters. The van der Waals surface area contributed by atoms with Crippen LogP contribution in [-0.2, 0) is 24.3 Å². The minimum absolute atomic E-state index is 0.0885. The summed E-state index contributed by atoms with van der Waals surface area (Å²) in [5.41, 5.74) is 2.41. The van der Waals surface area contributed by atoms with Crippen LogP contribution in [0.1, 0.15) is 32.7 Å². The van der Waals surface area contributed by atoms with Crippen LogP contribution in [-0.4, -0.2) is 22.2 Å². The average Bonchev–Trinajstić information content (AvgIpc) is 3.31. The SMILES string of the molecule is O=C(NCCc1cccs1)c1cc2n(n1)C[C@H](c1ccc(Cl)cc1)OC2. The van der Waals surface area contributed by atoms with E-state index in [4.69, 9.17) is 16.3 Å². The minimum Gasteiger partial charge on any atom is -0.365 e. The third-order valence-corrected chi connectivity index (χ3v) is 5.53. The van der Waals surface area contributed by atoms with Crippen LogP contribution < -0.4 is 5.32 Å². The molecular formula is C19H18ClN3O2S. The Balaban J connectivity index is 1.39. The molecule has 134 valence electrons. The summed E-state index contributed by atoms with van der Waals surface area (Å²) in [6.07, 6.45) is 0.744. The molecule has 0 fully saturated rings. The maximum atomic E-state index is 12.3. The monoisotopic (exact) mass is 387 g/mol. The van der Waals surface area contributed by atoms with E-state index >= 15 is 0 Å². The summed E-state index contributed by atoms with van der Waals surface area (Å²) in [7, 11) is 0. The summed E-state index contributed by atoms with van der Waals surface area (Å²) in [4.78, 5) is 13.6. The average molecular weight is 388 g/mol. The van der Waals surface area contributed by atoms with E-state index in [0.29, 0.717) is 30.4 Å². The molecule has 1 aromatic carbocycles. The number of fused-ring (bicyclic) bond motifs is 1. The fraction of sp³-hybridized carbons (Fsp3) is 0.263. The molecule has 1 amide bonds. The number of hydrogen-bond donors (Lipinski definition) is 1. The van der Waals surface area contributed by atoms with Gasteiger partial charge in [0.05, 0.1) is 18.8 Å². The first-order valence-electron chi connectivity index (χ1n) is 8.43. The zero-order valence-electron chi connectivity index (χ0n) is 14.0. The number of thiophene rings is 1. The lowest BCUT2D eigenvalue weighted by molar-refractivity contribution is -0.00119. The third kappa shape index (κ3) is 3.82. The van der Waals surface area contributed by atoms with Crippen molar-refractivity contribution >= 4 is 28.8 Å². The van der Waals surface area contributed by atoms with Gasteiger partial charge in [-0.05, 0) is 41.6 Å². The Labute approximate surface area is 160 Å². The highest BCUT2D eigenvalue weighted by Gasteiger charge is 2.24. The zero-order chi connectivity index (χ0) is 17.9. The number of nitrogens with zero attached hydrogens (tertiary/aromatic N) is 2. The molecule has 26 heavy (non-hydrogen) atoms. The van der Waals surface area contributed by atoms with Gasteiger partial charge in [0, 0.05) is 16.4 Å². The molecule has 0 saturated carbocycles. The van der Waals surface area contributed by atoms with Crippen LogP contribution in [0.5, 0.6) is 0 Å². The first-order chi connectivity index (χ1) is 12.7. The van der Waals surface area contributed by atoms with E-state index in [0.717, 1.165) is 17.7 Å². The summed E-state index contributed by atoms with van der Waals surface area (Å²) in [5.74, 6) is -0.147. The number of ether oxygens (including phenoxy) is 1. The van der Waals surface area contributed by atoms with Crippen LogP contribution in [0.25, 0.3) is 0 Å². The van der Waals surface area contributed by atoms with Crippen molar-refractivity contribution in [3.63, 3.8) is 0 Å². The Morgan fingerprint density at radius 1 is 1.35 bits per heavy atom. The second-order valence-corrected chi connectivity index (χ2v) is 7.61. The zero-order valence-corrected chi connectivity index (χ0v) is 15.6. The standard InChI is InChI=1S/C19H18ClN3O2S/c20-14-5-3-13(4-6-14)18-11-23-15(12-25-18)10-17(22-23)19(24)21-8-7-16-2-1-9-26-16/h1-6,9-10,18H,7-8,11-12H2,(H,21,24)/t18-/m1/s1. The van der Waals surface area contributed by atoms with Crippen molar-refractivity contribution in [3.05, 3.63) is 74.7 Å². The van der Waals surface area contributed by atoms with Crippen molar-refractivity contribution < 1.29 is 9.53 Å². The van der Waals surface area contributed by atoms with E-state index in [-0.39, 0.29) is 12.0 Å². The van der Waals surface area contributed by atoms with Gasteiger partial charge >= 0.3 is 0 Å². The maximum Gasteiger partial charge on any atom is 0.271 e.